The number of carbonyl (C=O) groups is 1. The van der Waals surface area contributed by atoms with Gasteiger partial charge >= 0.3 is 0 Å². The molecule has 26 heavy (non-hydrogen) atoms. The van der Waals surface area contributed by atoms with E-state index in [0.717, 1.165) is 29.8 Å². The van der Waals surface area contributed by atoms with Gasteiger partial charge in [0.25, 0.3) is 5.91 Å². The number of rotatable bonds is 10. The van der Waals surface area contributed by atoms with Crippen LogP contribution >= 0.6 is 0 Å². The van der Waals surface area contributed by atoms with Gasteiger partial charge in [-0.05, 0) is 35.8 Å². The van der Waals surface area contributed by atoms with Crippen molar-refractivity contribution >= 4 is 23.2 Å². The first-order chi connectivity index (χ1) is 12.7. The average Bonchev–Trinajstić information content (AvgIpc) is 2.67. The normalized spacial score (nSPS) is 11.3. The maximum absolute atomic E-state index is 12.7. The Bertz CT molecular complexity index is 690. The highest BCUT2D eigenvalue weighted by Crippen LogP contribution is 2.19. The molecule has 0 radical (unpaired) electrons. The van der Waals surface area contributed by atoms with Crippen molar-refractivity contribution < 1.29 is 4.79 Å². The Balaban J connectivity index is 2.00. The van der Waals surface area contributed by atoms with Crippen molar-refractivity contribution in [3.05, 3.63) is 65.7 Å². The molecule has 0 aliphatic carbocycles. The number of amides is 1. The molecule has 0 saturated heterocycles. The predicted molar refractivity (Wildman–Crippen MR) is 112 cm³/mol. The van der Waals surface area contributed by atoms with Gasteiger partial charge in [0.1, 0.15) is 0 Å². The minimum absolute atomic E-state index is 0.0263. The number of unbranched alkanes of at least 4 members (excludes halogenated alkanes) is 5. The highest BCUT2D eigenvalue weighted by atomic mass is 16.1. The number of hydrogen-bond donors (Lipinski definition) is 2. The van der Waals surface area contributed by atoms with Crippen LogP contribution in [0.2, 0.25) is 0 Å². The van der Waals surface area contributed by atoms with E-state index < -0.39 is 0 Å². The third kappa shape index (κ3) is 6.75. The summed E-state index contributed by atoms with van der Waals surface area (Å²) in [5.41, 5.74) is 9.04. The van der Waals surface area contributed by atoms with E-state index in [0.29, 0.717) is 5.57 Å². The zero-order chi connectivity index (χ0) is 18.6. The number of hydrogen-bond acceptors (Lipinski definition) is 2. The average molecular weight is 351 g/mol. The molecule has 0 atom stereocenters. The van der Waals surface area contributed by atoms with Gasteiger partial charge in [0, 0.05) is 17.8 Å². The smallest absolute Gasteiger partial charge is 0.251 e. The van der Waals surface area contributed by atoms with Crippen molar-refractivity contribution in [1.82, 2.24) is 5.32 Å². The Morgan fingerprint density at radius 2 is 1.58 bits per heavy atom. The summed E-state index contributed by atoms with van der Waals surface area (Å²) in [6, 6.07) is 17.4. The first-order valence-electron chi connectivity index (χ1n) is 9.61. The van der Waals surface area contributed by atoms with Crippen molar-refractivity contribution in [3.8, 4) is 0 Å². The minimum atomic E-state index is -0.0263. The van der Waals surface area contributed by atoms with Crippen LogP contribution < -0.4 is 11.1 Å². The molecule has 2 rings (SSSR count). The van der Waals surface area contributed by atoms with Gasteiger partial charge < -0.3 is 11.1 Å². The van der Waals surface area contributed by atoms with Crippen LogP contribution in [0.25, 0.3) is 11.6 Å². The highest BCUT2D eigenvalue weighted by molar-refractivity contribution is 6.24. The Labute approximate surface area is 157 Å². The number of nitrogens with two attached hydrogens (primary N) is 1. The van der Waals surface area contributed by atoms with E-state index in [9.17, 15) is 4.79 Å². The second-order valence-corrected chi connectivity index (χ2v) is 6.61. The quantitative estimate of drug-likeness (QED) is 0.265. The molecule has 3 N–H and O–H groups in total. The zero-order valence-corrected chi connectivity index (χ0v) is 15.7. The molecule has 0 aliphatic rings. The van der Waals surface area contributed by atoms with E-state index in [2.05, 4.69) is 12.2 Å². The summed E-state index contributed by atoms with van der Waals surface area (Å²) >= 11 is 0. The molecule has 0 aromatic heterocycles. The van der Waals surface area contributed by atoms with E-state index in [1.807, 2.05) is 60.7 Å². The highest BCUT2D eigenvalue weighted by Gasteiger charge is 2.11. The van der Waals surface area contributed by atoms with Crippen LogP contribution in [0.15, 0.2) is 54.6 Å². The fourth-order valence-corrected chi connectivity index (χ4v) is 2.86. The SMILES string of the molecule is CCCCCCCCNC(=O)/C(=C\c1ccc(N)cc1)c1ccccc1. The summed E-state index contributed by atoms with van der Waals surface area (Å²) in [6.45, 7) is 2.94. The molecule has 2 aromatic carbocycles. The standard InChI is InChI=1S/C23H30N2O/c1-2-3-4-5-6-10-17-25-23(26)22(20-11-8-7-9-12-20)18-19-13-15-21(24)16-14-19/h7-9,11-16,18H,2-6,10,17,24H2,1H3,(H,25,26)/b22-18-. The first-order valence-corrected chi connectivity index (χ1v) is 9.61. The largest absolute Gasteiger partial charge is 0.399 e. The van der Waals surface area contributed by atoms with Crippen molar-refractivity contribution in [2.24, 2.45) is 0 Å². The molecule has 3 nitrogen and oxygen atoms in total. The molecule has 0 unspecified atom stereocenters. The fraction of sp³-hybridized carbons (Fsp3) is 0.348. The maximum atomic E-state index is 12.7. The molecule has 1 amide bonds. The summed E-state index contributed by atoms with van der Waals surface area (Å²) < 4.78 is 0. The fourth-order valence-electron chi connectivity index (χ4n) is 2.86. The van der Waals surface area contributed by atoms with Gasteiger partial charge in [-0.15, -0.1) is 0 Å². The first kappa shape index (κ1) is 19.8. The lowest BCUT2D eigenvalue weighted by Crippen LogP contribution is -2.25. The third-order valence-corrected chi connectivity index (χ3v) is 4.39. The minimum Gasteiger partial charge on any atom is -0.399 e. The Kier molecular flexibility index (Phi) is 8.47. The van der Waals surface area contributed by atoms with Gasteiger partial charge in [0.2, 0.25) is 0 Å². The molecule has 2 aromatic rings. The van der Waals surface area contributed by atoms with Crippen LogP contribution in [0.4, 0.5) is 5.69 Å². The second kappa shape index (κ2) is 11.1. The lowest BCUT2D eigenvalue weighted by atomic mass is 10.0. The molecule has 0 spiro atoms. The van der Waals surface area contributed by atoms with Crippen LogP contribution in [0.5, 0.6) is 0 Å². The maximum Gasteiger partial charge on any atom is 0.251 e. The molecular formula is C23H30N2O. The van der Waals surface area contributed by atoms with E-state index >= 15 is 0 Å². The molecule has 138 valence electrons. The van der Waals surface area contributed by atoms with Gasteiger partial charge in [-0.25, -0.2) is 0 Å². The van der Waals surface area contributed by atoms with Gasteiger partial charge in [0.15, 0.2) is 0 Å². The zero-order valence-electron chi connectivity index (χ0n) is 15.7. The number of benzene rings is 2. The molecule has 0 heterocycles. The van der Waals surface area contributed by atoms with E-state index in [4.69, 9.17) is 5.73 Å². The van der Waals surface area contributed by atoms with Crippen LogP contribution in [0, 0.1) is 0 Å². The molecule has 0 saturated carbocycles. The van der Waals surface area contributed by atoms with E-state index in [1.54, 1.807) is 0 Å². The van der Waals surface area contributed by atoms with Crippen LogP contribution in [0.3, 0.4) is 0 Å². The summed E-state index contributed by atoms with van der Waals surface area (Å²) in [5.74, 6) is -0.0263. The lowest BCUT2D eigenvalue weighted by Gasteiger charge is -2.10. The second-order valence-electron chi connectivity index (χ2n) is 6.61. The Morgan fingerprint density at radius 1 is 0.923 bits per heavy atom. The summed E-state index contributed by atoms with van der Waals surface area (Å²) in [7, 11) is 0. The monoisotopic (exact) mass is 350 g/mol. The number of anilines is 1. The van der Waals surface area contributed by atoms with Gasteiger partial charge in [-0.1, -0.05) is 81.5 Å². The lowest BCUT2D eigenvalue weighted by molar-refractivity contribution is -0.115. The van der Waals surface area contributed by atoms with Crippen LogP contribution in [-0.2, 0) is 4.79 Å². The van der Waals surface area contributed by atoms with Gasteiger partial charge in [0.05, 0.1) is 0 Å². The molecule has 3 heteroatoms. The van der Waals surface area contributed by atoms with E-state index in [1.165, 1.54) is 32.1 Å². The number of nitrogen functional groups attached to an aromatic ring is 1. The third-order valence-electron chi connectivity index (χ3n) is 4.39. The number of carbonyl (C=O) groups excluding carboxylic acids is 1. The predicted octanol–water partition coefficient (Wildman–Crippen LogP) is 5.29. The molecule has 0 bridgehead atoms. The summed E-state index contributed by atoms with van der Waals surface area (Å²) in [6.07, 6.45) is 9.21. The van der Waals surface area contributed by atoms with Gasteiger partial charge in [-0.2, -0.15) is 0 Å². The van der Waals surface area contributed by atoms with Crippen molar-refractivity contribution in [1.29, 1.82) is 0 Å². The topological polar surface area (TPSA) is 55.1 Å². The number of nitrogens with one attached hydrogen (secondary N) is 1. The van der Waals surface area contributed by atoms with Crippen LogP contribution in [0.1, 0.15) is 56.6 Å². The molecule has 0 aliphatic heterocycles. The Hall–Kier alpha value is -2.55. The van der Waals surface area contributed by atoms with E-state index in [-0.39, 0.29) is 5.91 Å². The van der Waals surface area contributed by atoms with Crippen molar-refractivity contribution in [3.63, 3.8) is 0 Å². The molecular weight excluding hydrogens is 320 g/mol. The molecule has 0 fully saturated rings. The summed E-state index contributed by atoms with van der Waals surface area (Å²) in [5, 5.41) is 3.07. The van der Waals surface area contributed by atoms with Crippen molar-refractivity contribution in [2.45, 2.75) is 45.4 Å². The van der Waals surface area contributed by atoms with Crippen molar-refractivity contribution in [2.75, 3.05) is 12.3 Å². The van der Waals surface area contributed by atoms with Gasteiger partial charge in [-0.3, -0.25) is 4.79 Å². The summed E-state index contributed by atoms with van der Waals surface area (Å²) in [4.78, 5) is 12.7. The Morgan fingerprint density at radius 3 is 2.27 bits per heavy atom. The van der Waals surface area contributed by atoms with Crippen LogP contribution in [-0.4, -0.2) is 12.5 Å².